The molecule has 2 rings (SSSR count). The predicted octanol–water partition coefficient (Wildman–Crippen LogP) is 1.07. The van der Waals surface area contributed by atoms with E-state index < -0.39 is 16.3 Å². The maximum Gasteiger partial charge on any atom is 0.407 e. The molecule has 6 heteroatoms. The molecule has 0 aromatic heterocycles. The van der Waals surface area contributed by atoms with Crippen molar-refractivity contribution in [3.05, 3.63) is 0 Å². The molecule has 0 aromatic carbocycles. The summed E-state index contributed by atoms with van der Waals surface area (Å²) in [6.45, 7) is 5.74. The van der Waals surface area contributed by atoms with Crippen LogP contribution >= 0.6 is 0 Å². The Morgan fingerprint density at radius 2 is 2.13 bits per heavy atom. The van der Waals surface area contributed by atoms with Crippen molar-refractivity contribution < 1.29 is 16.8 Å². The van der Waals surface area contributed by atoms with Crippen LogP contribution < -0.4 is 0 Å². The van der Waals surface area contributed by atoms with Crippen molar-refractivity contribution >= 4 is 10.4 Å². The highest BCUT2D eigenvalue weighted by molar-refractivity contribution is 7.82. The maximum atomic E-state index is 10.9. The smallest absolute Gasteiger partial charge is 0.250 e. The van der Waals surface area contributed by atoms with E-state index in [4.69, 9.17) is 8.37 Å². The van der Waals surface area contributed by atoms with E-state index in [1.54, 1.807) is 0 Å². The summed E-state index contributed by atoms with van der Waals surface area (Å²) < 4.78 is 31.8. The normalized spacial score (nSPS) is 33.1. The molecule has 15 heavy (non-hydrogen) atoms. The molecule has 1 spiro atoms. The summed E-state index contributed by atoms with van der Waals surface area (Å²) in [6, 6.07) is 0. The van der Waals surface area contributed by atoms with Crippen LogP contribution in [0.3, 0.4) is 0 Å². The van der Waals surface area contributed by atoms with Gasteiger partial charge in [0.2, 0.25) is 0 Å². The van der Waals surface area contributed by atoms with E-state index in [9.17, 15) is 8.42 Å². The van der Waals surface area contributed by atoms with Crippen LogP contribution in [0, 0.1) is 5.92 Å². The van der Waals surface area contributed by atoms with E-state index >= 15 is 0 Å². The third-order valence-corrected chi connectivity index (χ3v) is 4.01. The van der Waals surface area contributed by atoms with Crippen LogP contribution in [0.4, 0.5) is 0 Å². The first kappa shape index (κ1) is 11.3. The molecule has 0 aromatic rings. The van der Waals surface area contributed by atoms with Gasteiger partial charge in [-0.1, -0.05) is 20.3 Å². The lowest BCUT2D eigenvalue weighted by molar-refractivity contribution is -0.283. The van der Waals surface area contributed by atoms with E-state index in [2.05, 4.69) is 6.92 Å². The zero-order chi connectivity index (χ0) is 11.1. The summed E-state index contributed by atoms with van der Waals surface area (Å²) in [6.07, 6.45) is 3.02. The first-order valence-electron chi connectivity index (χ1n) is 5.41. The largest absolute Gasteiger partial charge is 0.407 e. The van der Waals surface area contributed by atoms with Gasteiger partial charge in [0.15, 0.2) is 0 Å². The van der Waals surface area contributed by atoms with Gasteiger partial charge in [0.1, 0.15) is 0 Å². The molecule has 2 heterocycles. The monoisotopic (exact) mass is 235 g/mol. The van der Waals surface area contributed by atoms with Crippen molar-refractivity contribution in [2.75, 3.05) is 13.1 Å². The summed E-state index contributed by atoms with van der Waals surface area (Å²) in [5.74, 6) is -0.869. The van der Waals surface area contributed by atoms with Gasteiger partial charge in [-0.05, 0) is 12.8 Å². The molecule has 1 unspecified atom stereocenters. The van der Waals surface area contributed by atoms with Crippen LogP contribution in [0.25, 0.3) is 0 Å². The van der Waals surface area contributed by atoms with Crippen LogP contribution in [0.15, 0.2) is 0 Å². The van der Waals surface area contributed by atoms with Crippen LogP contribution in [-0.2, 0) is 18.8 Å². The van der Waals surface area contributed by atoms with Crippen molar-refractivity contribution in [1.82, 2.24) is 4.90 Å². The maximum absolute atomic E-state index is 10.9. The Labute approximate surface area is 90.7 Å². The Kier molecular flexibility index (Phi) is 2.79. The number of nitrogens with zero attached hydrogens (tertiary/aromatic N) is 1. The quantitative estimate of drug-likeness (QED) is 0.732. The number of hydrogen-bond donors (Lipinski definition) is 0. The fourth-order valence-electron chi connectivity index (χ4n) is 2.18. The Balaban J connectivity index is 2.07. The van der Waals surface area contributed by atoms with Gasteiger partial charge < -0.3 is 0 Å². The zero-order valence-electron chi connectivity index (χ0n) is 9.10. The van der Waals surface area contributed by atoms with Gasteiger partial charge in [-0.3, -0.25) is 4.90 Å². The van der Waals surface area contributed by atoms with Gasteiger partial charge in [-0.15, -0.1) is 0 Å². The van der Waals surface area contributed by atoms with E-state index in [-0.39, 0.29) is 5.92 Å². The third-order valence-electron chi connectivity index (χ3n) is 3.12. The first-order chi connectivity index (χ1) is 7.00. The first-order valence-corrected chi connectivity index (χ1v) is 6.75. The van der Waals surface area contributed by atoms with Gasteiger partial charge in [0.05, 0.1) is 0 Å². The molecule has 0 bridgehead atoms. The summed E-state index contributed by atoms with van der Waals surface area (Å²) in [5.41, 5.74) is 0. The van der Waals surface area contributed by atoms with Gasteiger partial charge in [0, 0.05) is 19.0 Å². The van der Waals surface area contributed by atoms with Crippen LogP contribution in [-0.4, -0.2) is 32.3 Å². The minimum atomic E-state index is -3.71. The molecule has 0 radical (unpaired) electrons. The molecule has 2 aliphatic rings. The van der Waals surface area contributed by atoms with E-state index in [0.717, 1.165) is 32.4 Å². The van der Waals surface area contributed by atoms with Crippen molar-refractivity contribution in [3.8, 4) is 0 Å². The van der Waals surface area contributed by atoms with Crippen LogP contribution in [0.2, 0.25) is 0 Å². The standard InChI is InChI=1S/C9H17NO4S/c1-3-4-6-10-7-5-8(2)9(10)13-15(11,12)14-9/h8H,3-7H2,1-2H3. The number of likely N-dealkylation sites (tertiary alicyclic amines) is 1. The van der Waals surface area contributed by atoms with Crippen molar-refractivity contribution in [3.63, 3.8) is 0 Å². The Morgan fingerprint density at radius 3 is 2.67 bits per heavy atom. The van der Waals surface area contributed by atoms with Crippen molar-refractivity contribution in [1.29, 1.82) is 0 Å². The molecule has 5 nitrogen and oxygen atoms in total. The molecule has 88 valence electrons. The van der Waals surface area contributed by atoms with Crippen molar-refractivity contribution in [2.45, 2.75) is 39.0 Å². The second kappa shape index (κ2) is 3.69. The number of unbranched alkanes of at least 4 members (excludes halogenated alkanes) is 1. The second-order valence-electron chi connectivity index (χ2n) is 4.24. The number of rotatable bonds is 3. The molecule has 2 aliphatic heterocycles. The highest BCUT2D eigenvalue weighted by Crippen LogP contribution is 2.46. The van der Waals surface area contributed by atoms with Crippen LogP contribution in [0.1, 0.15) is 33.1 Å². The zero-order valence-corrected chi connectivity index (χ0v) is 9.92. The molecule has 2 saturated heterocycles. The molecule has 0 amide bonds. The third kappa shape index (κ3) is 1.80. The average molecular weight is 235 g/mol. The Bertz CT molecular complexity index is 328. The lowest BCUT2D eigenvalue weighted by Gasteiger charge is -2.44. The highest BCUT2D eigenvalue weighted by Gasteiger charge is 2.62. The van der Waals surface area contributed by atoms with E-state index in [0.29, 0.717) is 0 Å². The Morgan fingerprint density at radius 1 is 1.47 bits per heavy atom. The second-order valence-corrected chi connectivity index (χ2v) is 5.39. The van der Waals surface area contributed by atoms with E-state index in [1.165, 1.54) is 0 Å². The molecular weight excluding hydrogens is 218 g/mol. The van der Waals surface area contributed by atoms with E-state index in [1.807, 2.05) is 11.8 Å². The lowest BCUT2D eigenvalue weighted by atomic mass is 10.1. The fourth-order valence-corrected chi connectivity index (χ4v) is 3.32. The summed E-state index contributed by atoms with van der Waals surface area (Å²) in [5, 5.41) is 0. The average Bonchev–Trinajstić information content (AvgIpc) is 2.40. The van der Waals surface area contributed by atoms with Gasteiger partial charge in [-0.25, -0.2) is 0 Å². The molecule has 2 fully saturated rings. The molecular formula is C9H17NO4S. The summed E-state index contributed by atoms with van der Waals surface area (Å²) in [4.78, 5) is 1.99. The summed E-state index contributed by atoms with van der Waals surface area (Å²) in [7, 11) is -3.71. The Hall–Kier alpha value is -0.170. The predicted molar refractivity (Wildman–Crippen MR) is 54.1 cm³/mol. The van der Waals surface area contributed by atoms with Gasteiger partial charge in [-0.2, -0.15) is 16.8 Å². The molecule has 0 saturated carbocycles. The topological polar surface area (TPSA) is 55.8 Å². The molecule has 0 N–H and O–H groups in total. The van der Waals surface area contributed by atoms with Gasteiger partial charge >= 0.3 is 10.4 Å². The van der Waals surface area contributed by atoms with Crippen molar-refractivity contribution in [2.24, 2.45) is 5.92 Å². The fraction of sp³-hybridized carbons (Fsp3) is 1.00. The van der Waals surface area contributed by atoms with Crippen LogP contribution in [0.5, 0.6) is 0 Å². The highest BCUT2D eigenvalue weighted by atomic mass is 32.3. The number of hydrogen-bond acceptors (Lipinski definition) is 5. The molecule has 0 aliphatic carbocycles. The minimum absolute atomic E-state index is 0.109. The SMILES string of the molecule is CCCCN1CCC(C)C12OS(=O)(=O)O2. The molecule has 1 atom stereocenters. The minimum Gasteiger partial charge on any atom is -0.250 e. The van der Waals surface area contributed by atoms with Gasteiger partial charge in [0.25, 0.3) is 5.91 Å². The summed E-state index contributed by atoms with van der Waals surface area (Å²) >= 11 is 0. The lowest BCUT2D eigenvalue weighted by Crippen LogP contribution is -2.61.